The minimum atomic E-state index is -4.48. The van der Waals surface area contributed by atoms with E-state index in [4.69, 9.17) is 10.00 Å². The second-order valence-corrected chi connectivity index (χ2v) is 4.01. The summed E-state index contributed by atoms with van der Waals surface area (Å²) in [5.74, 6) is 0.0585. The summed E-state index contributed by atoms with van der Waals surface area (Å²) in [6.45, 7) is 0.845. The molecule has 0 amide bonds. The maximum Gasteiger partial charge on any atom is 0.416 e. The number of rotatable bonds is 4. The van der Waals surface area contributed by atoms with Gasteiger partial charge in [-0.25, -0.2) is 0 Å². The Morgan fingerprint density at radius 3 is 2.44 bits per heavy atom. The van der Waals surface area contributed by atoms with E-state index in [-0.39, 0.29) is 17.9 Å². The summed E-state index contributed by atoms with van der Waals surface area (Å²) in [4.78, 5) is 1.85. The summed E-state index contributed by atoms with van der Waals surface area (Å²) in [5, 5.41) is 8.68. The van der Waals surface area contributed by atoms with Crippen LogP contribution in [0.2, 0.25) is 0 Å². The quantitative estimate of drug-likeness (QED) is 0.832. The zero-order chi connectivity index (χ0) is 13.8. The third kappa shape index (κ3) is 4.26. The average molecular weight is 258 g/mol. The van der Waals surface area contributed by atoms with Crippen molar-refractivity contribution in [2.75, 3.05) is 27.2 Å². The Balaban J connectivity index is 2.89. The third-order valence-corrected chi connectivity index (χ3v) is 2.17. The first-order valence-corrected chi connectivity index (χ1v) is 5.23. The highest BCUT2D eigenvalue weighted by Crippen LogP contribution is 2.32. The van der Waals surface area contributed by atoms with Crippen molar-refractivity contribution in [1.29, 1.82) is 5.26 Å². The molecule has 0 aliphatic rings. The zero-order valence-corrected chi connectivity index (χ0v) is 10.1. The van der Waals surface area contributed by atoms with Gasteiger partial charge >= 0.3 is 6.18 Å². The SMILES string of the molecule is CN(C)CCOc1cc(C#N)cc(C(F)(F)F)c1. The molecule has 0 bridgehead atoms. The van der Waals surface area contributed by atoms with Crippen LogP contribution in [0.25, 0.3) is 0 Å². The van der Waals surface area contributed by atoms with E-state index in [9.17, 15) is 13.2 Å². The number of nitriles is 1. The smallest absolute Gasteiger partial charge is 0.416 e. The van der Waals surface area contributed by atoms with Gasteiger partial charge in [-0.3, -0.25) is 0 Å². The molecule has 18 heavy (non-hydrogen) atoms. The molecule has 0 aliphatic heterocycles. The Kier molecular flexibility index (Phi) is 4.56. The van der Waals surface area contributed by atoms with Crippen molar-refractivity contribution >= 4 is 0 Å². The Morgan fingerprint density at radius 2 is 1.94 bits per heavy atom. The molecule has 0 unspecified atom stereocenters. The van der Waals surface area contributed by atoms with Crippen LogP contribution in [0.5, 0.6) is 5.75 Å². The van der Waals surface area contributed by atoms with Crippen LogP contribution in [0.4, 0.5) is 13.2 Å². The van der Waals surface area contributed by atoms with Gasteiger partial charge in [-0.15, -0.1) is 0 Å². The molecular formula is C12H13F3N2O. The number of alkyl halides is 3. The summed E-state index contributed by atoms with van der Waals surface area (Å²) >= 11 is 0. The van der Waals surface area contributed by atoms with Crippen molar-refractivity contribution in [2.24, 2.45) is 0 Å². The first-order valence-electron chi connectivity index (χ1n) is 5.23. The Hall–Kier alpha value is -1.74. The van der Waals surface area contributed by atoms with E-state index < -0.39 is 11.7 Å². The van der Waals surface area contributed by atoms with Crippen molar-refractivity contribution in [3.05, 3.63) is 29.3 Å². The van der Waals surface area contributed by atoms with E-state index >= 15 is 0 Å². The summed E-state index contributed by atoms with van der Waals surface area (Å²) in [6, 6.07) is 4.69. The molecule has 0 aliphatic carbocycles. The minimum Gasteiger partial charge on any atom is -0.492 e. The predicted octanol–water partition coefficient (Wildman–Crippen LogP) is 2.52. The van der Waals surface area contributed by atoms with Crippen LogP contribution in [0, 0.1) is 11.3 Å². The van der Waals surface area contributed by atoms with Crippen LogP contribution in [-0.2, 0) is 6.18 Å². The van der Waals surface area contributed by atoms with E-state index in [1.54, 1.807) is 6.07 Å². The molecule has 1 rings (SSSR count). The van der Waals surface area contributed by atoms with Crippen LogP contribution in [0.3, 0.4) is 0 Å². The van der Waals surface area contributed by atoms with Gasteiger partial charge in [-0.2, -0.15) is 18.4 Å². The molecule has 0 heterocycles. The van der Waals surface area contributed by atoms with Crippen molar-refractivity contribution < 1.29 is 17.9 Å². The fourth-order valence-electron chi connectivity index (χ4n) is 1.26. The zero-order valence-electron chi connectivity index (χ0n) is 10.1. The van der Waals surface area contributed by atoms with Crippen LogP contribution < -0.4 is 4.74 Å². The maximum atomic E-state index is 12.6. The number of hydrogen-bond acceptors (Lipinski definition) is 3. The van der Waals surface area contributed by atoms with Crippen molar-refractivity contribution in [3.8, 4) is 11.8 Å². The predicted molar refractivity (Wildman–Crippen MR) is 60.2 cm³/mol. The fourth-order valence-corrected chi connectivity index (χ4v) is 1.26. The lowest BCUT2D eigenvalue weighted by Crippen LogP contribution is -2.19. The Bertz CT molecular complexity index is 450. The number of halogens is 3. The van der Waals surface area contributed by atoms with E-state index in [1.807, 2.05) is 19.0 Å². The molecule has 0 atom stereocenters. The normalized spacial score (nSPS) is 11.4. The highest BCUT2D eigenvalue weighted by atomic mass is 19.4. The number of likely N-dealkylation sites (N-methyl/N-ethyl adjacent to an activating group) is 1. The van der Waals surface area contributed by atoms with Gasteiger partial charge in [0.1, 0.15) is 12.4 Å². The summed E-state index contributed by atoms with van der Waals surface area (Å²) in [5.41, 5.74) is -0.939. The number of hydrogen-bond donors (Lipinski definition) is 0. The summed E-state index contributed by atoms with van der Waals surface area (Å²) in [7, 11) is 3.66. The largest absolute Gasteiger partial charge is 0.492 e. The Morgan fingerprint density at radius 1 is 1.28 bits per heavy atom. The van der Waals surface area contributed by atoms with E-state index in [0.29, 0.717) is 6.54 Å². The van der Waals surface area contributed by atoms with E-state index in [1.165, 1.54) is 6.07 Å². The molecule has 1 aromatic carbocycles. The van der Waals surface area contributed by atoms with Gasteiger partial charge in [0.05, 0.1) is 17.2 Å². The lowest BCUT2D eigenvalue weighted by Gasteiger charge is -2.13. The summed E-state index contributed by atoms with van der Waals surface area (Å²) in [6.07, 6.45) is -4.48. The monoisotopic (exact) mass is 258 g/mol. The summed E-state index contributed by atoms with van der Waals surface area (Å²) < 4.78 is 42.9. The van der Waals surface area contributed by atoms with Gasteiger partial charge in [0.25, 0.3) is 0 Å². The lowest BCUT2D eigenvalue weighted by atomic mass is 10.1. The molecule has 0 fully saturated rings. The molecule has 0 saturated carbocycles. The van der Waals surface area contributed by atoms with Gasteiger partial charge < -0.3 is 9.64 Å². The van der Waals surface area contributed by atoms with Gasteiger partial charge in [-0.1, -0.05) is 0 Å². The topological polar surface area (TPSA) is 36.3 Å². The van der Waals surface area contributed by atoms with Crippen LogP contribution in [0.15, 0.2) is 18.2 Å². The molecule has 6 heteroatoms. The van der Waals surface area contributed by atoms with E-state index in [0.717, 1.165) is 12.1 Å². The third-order valence-electron chi connectivity index (χ3n) is 2.17. The molecule has 3 nitrogen and oxygen atoms in total. The average Bonchev–Trinajstić information content (AvgIpc) is 2.27. The second-order valence-electron chi connectivity index (χ2n) is 4.01. The van der Waals surface area contributed by atoms with Crippen LogP contribution in [-0.4, -0.2) is 32.1 Å². The van der Waals surface area contributed by atoms with Crippen molar-refractivity contribution in [3.63, 3.8) is 0 Å². The molecule has 0 N–H and O–H groups in total. The molecule has 98 valence electrons. The first kappa shape index (κ1) is 14.3. The standard InChI is InChI=1S/C12H13F3N2O/c1-17(2)3-4-18-11-6-9(8-16)5-10(7-11)12(13,14)15/h5-7H,3-4H2,1-2H3. The van der Waals surface area contributed by atoms with Crippen LogP contribution >= 0.6 is 0 Å². The highest BCUT2D eigenvalue weighted by Gasteiger charge is 2.31. The molecule has 0 spiro atoms. The fraction of sp³-hybridized carbons (Fsp3) is 0.417. The molecule has 0 radical (unpaired) electrons. The lowest BCUT2D eigenvalue weighted by molar-refractivity contribution is -0.137. The second kappa shape index (κ2) is 5.74. The molecule has 0 aromatic heterocycles. The number of ether oxygens (including phenoxy) is 1. The van der Waals surface area contributed by atoms with Gasteiger partial charge in [0.2, 0.25) is 0 Å². The molecule has 1 aromatic rings. The van der Waals surface area contributed by atoms with Gasteiger partial charge in [0.15, 0.2) is 0 Å². The van der Waals surface area contributed by atoms with Gasteiger partial charge in [0, 0.05) is 6.54 Å². The van der Waals surface area contributed by atoms with E-state index in [2.05, 4.69) is 0 Å². The Labute approximate surface area is 103 Å². The van der Waals surface area contributed by atoms with Crippen molar-refractivity contribution in [2.45, 2.75) is 6.18 Å². The first-order chi connectivity index (χ1) is 8.32. The molecular weight excluding hydrogens is 245 g/mol. The maximum absolute atomic E-state index is 12.6. The number of nitrogens with zero attached hydrogens (tertiary/aromatic N) is 2. The minimum absolute atomic E-state index is 0.0585. The molecule has 0 saturated heterocycles. The van der Waals surface area contributed by atoms with Crippen molar-refractivity contribution in [1.82, 2.24) is 4.90 Å². The highest BCUT2D eigenvalue weighted by molar-refractivity contribution is 5.41. The number of benzene rings is 1. The van der Waals surface area contributed by atoms with Gasteiger partial charge in [-0.05, 0) is 32.3 Å². The van der Waals surface area contributed by atoms with Crippen LogP contribution in [0.1, 0.15) is 11.1 Å².